The summed E-state index contributed by atoms with van der Waals surface area (Å²) in [6.07, 6.45) is 6.04. The number of methoxy groups -OCH3 is 2. The fourth-order valence-corrected chi connectivity index (χ4v) is 1.96. The van der Waals surface area contributed by atoms with Crippen molar-refractivity contribution in [3.8, 4) is 0 Å². The molecular weight excluding hydrogens is 202 g/mol. The van der Waals surface area contributed by atoms with Crippen LogP contribution < -0.4 is 5.32 Å². The highest BCUT2D eigenvalue weighted by atomic mass is 16.5. The van der Waals surface area contributed by atoms with E-state index in [-0.39, 0.29) is 0 Å². The normalized spacial score (nSPS) is 15.0. The lowest BCUT2D eigenvalue weighted by Crippen LogP contribution is -2.41. The third kappa shape index (κ3) is 7.20. The molecule has 0 aliphatic heterocycles. The van der Waals surface area contributed by atoms with Crippen LogP contribution in [0.4, 0.5) is 0 Å². The highest BCUT2D eigenvalue weighted by molar-refractivity contribution is 4.76. The van der Waals surface area contributed by atoms with Crippen LogP contribution in [-0.4, -0.2) is 39.5 Å². The highest BCUT2D eigenvalue weighted by Gasteiger charge is 2.19. The Morgan fingerprint density at radius 3 is 2.31 bits per heavy atom. The second-order valence-corrected chi connectivity index (χ2v) is 4.26. The second kappa shape index (κ2) is 11.4. The van der Waals surface area contributed by atoms with Gasteiger partial charge in [0.25, 0.3) is 0 Å². The summed E-state index contributed by atoms with van der Waals surface area (Å²) in [6.45, 7) is 6.31. The summed E-state index contributed by atoms with van der Waals surface area (Å²) in [6, 6.07) is 0.472. The van der Waals surface area contributed by atoms with Crippen molar-refractivity contribution in [3.63, 3.8) is 0 Å². The molecule has 0 spiro atoms. The quantitative estimate of drug-likeness (QED) is 0.554. The molecule has 3 nitrogen and oxygen atoms in total. The number of hydrogen-bond acceptors (Lipinski definition) is 3. The minimum atomic E-state index is 0.341. The molecule has 0 aromatic rings. The smallest absolute Gasteiger partial charge is 0.0724 e. The molecule has 16 heavy (non-hydrogen) atoms. The second-order valence-electron chi connectivity index (χ2n) is 4.26. The Bertz CT molecular complexity index is 142. The fraction of sp³-hybridized carbons (Fsp3) is 1.00. The van der Waals surface area contributed by atoms with Gasteiger partial charge in [-0.25, -0.2) is 0 Å². The van der Waals surface area contributed by atoms with E-state index in [1.807, 2.05) is 7.11 Å². The predicted octanol–water partition coefficient (Wildman–Crippen LogP) is 2.60. The highest BCUT2D eigenvalue weighted by Crippen LogP contribution is 2.11. The largest absolute Gasteiger partial charge is 0.385 e. The Hall–Kier alpha value is -0.120. The summed E-state index contributed by atoms with van der Waals surface area (Å²) < 4.78 is 10.7. The first-order valence-electron chi connectivity index (χ1n) is 6.55. The average molecular weight is 231 g/mol. The molecule has 0 saturated heterocycles. The molecule has 3 heteroatoms. The number of rotatable bonds is 11. The molecule has 0 rings (SSSR count). The minimum Gasteiger partial charge on any atom is -0.385 e. The molecule has 0 aromatic carbocycles. The van der Waals surface area contributed by atoms with E-state index in [9.17, 15) is 0 Å². The topological polar surface area (TPSA) is 30.5 Å². The lowest BCUT2D eigenvalue weighted by molar-refractivity contribution is 0.0546. The molecular formula is C13H29NO2. The van der Waals surface area contributed by atoms with Crippen molar-refractivity contribution in [2.24, 2.45) is 0 Å². The molecule has 0 radical (unpaired) electrons. The number of nitrogens with one attached hydrogen (secondary N) is 1. The van der Waals surface area contributed by atoms with Crippen LogP contribution in [0.15, 0.2) is 0 Å². The van der Waals surface area contributed by atoms with Gasteiger partial charge < -0.3 is 14.8 Å². The molecule has 2 atom stereocenters. The van der Waals surface area contributed by atoms with E-state index in [0.717, 1.165) is 32.4 Å². The van der Waals surface area contributed by atoms with Crippen molar-refractivity contribution in [3.05, 3.63) is 0 Å². The van der Waals surface area contributed by atoms with Crippen molar-refractivity contribution >= 4 is 0 Å². The van der Waals surface area contributed by atoms with Gasteiger partial charge in [-0.15, -0.1) is 0 Å². The van der Waals surface area contributed by atoms with Crippen LogP contribution in [0.5, 0.6) is 0 Å². The van der Waals surface area contributed by atoms with Crippen LogP contribution in [-0.2, 0) is 9.47 Å². The van der Waals surface area contributed by atoms with E-state index in [2.05, 4.69) is 19.2 Å². The zero-order valence-corrected chi connectivity index (χ0v) is 11.4. The summed E-state index contributed by atoms with van der Waals surface area (Å²) in [5, 5.41) is 3.58. The summed E-state index contributed by atoms with van der Waals surface area (Å²) in [4.78, 5) is 0. The molecule has 2 unspecified atom stereocenters. The first-order valence-corrected chi connectivity index (χ1v) is 6.55. The third-order valence-corrected chi connectivity index (χ3v) is 2.84. The van der Waals surface area contributed by atoms with Gasteiger partial charge in [0.2, 0.25) is 0 Å². The zero-order valence-electron chi connectivity index (χ0n) is 11.4. The van der Waals surface area contributed by atoms with Gasteiger partial charge in [-0.2, -0.15) is 0 Å². The Morgan fingerprint density at radius 1 is 1.06 bits per heavy atom. The van der Waals surface area contributed by atoms with Gasteiger partial charge >= 0.3 is 0 Å². The van der Waals surface area contributed by atoms with Crippen molar-refractivity contribution in [2.45, 2.75) is 58.1 Å². The molecule has 0 aliphatic rings. The Kier molecular flexibility index (Phi) is 11.3. The minimum absolute atomic E-state index is 0.341. The van der Waals surface area contributed by atoms with E-state index in [4.69, 9.17) is 9.47 Å². The van der Waals surface area contributed by atoms with Crippen molar-refractivity contribution in [1.29, 1.82) is 0 Å². The SMILES string of the molecule is CCCNC(CCCOC)C(CCC)OC. The maximum atomic E-state index is 5.58. The molecule has 1 N–H and O–H groups in total. The third-order valence-electron chi connectivity index (χ3n) is 2.84. The molecule has 0 heterocycles. The molecule has 0 fully saturated rings. The predicted molar refractivity (Wildman–Crippen MR) is 68.9 cm³/mol. The Morgan fingerprint density at radius 2 is 1.81 bits per heavy atom. The Balaban J connectivity index is 4.02. The van der Waals surface area contributed by atoms with E-state index in [0.29, 0.717) is 12.1 Å². The molecule has 0 aromatic heterocycles. The maximum Gasteiger partial charge on any atom is 0.0724 e. The molecule has 0 amide bonds. The van der Waals surface area contributed by atoms with Crippen LogP contribution in [0, 0.1) is 0 Å². The van der Waals surface area contributed by atoms with E-state index in [1.165, 1.54) is 12.8 Å². The molecule has 0 bridgehead atoms. The number of ether oxygens (including phenoxy) is 2. The van der Waals surface area contributed by atoms with Gasteiger partial charge in [-0.1, -0.05) is 20.3 Å². The van der Waals surface area contributed by atoms with Gasteiger partial charge in [0.05, 0.1) is 6.10 Å². The van der Waals surface area contributed by atoms with E-state index >= 15 is 0 Å². The average Bonchev–Trinajstić information content (AvgIpc) is 2.31. The molecule has 0 saturated carbocycles. The van der Waals surface area contributed by atoms with Crippen molar-refractivity contribution in [1.82, 2.24) is 5.32 Å². The van der Waals surface area contributed by atoms with Crippen LogP contribution in [0.3, 0.4) is 0 Å². The lowest BCUT2D eigenvalue weighted by Gasteiger charge is -2.27. The first-order chi connectivity index (χ1) is 7.79. The van der Waals surface area contributed by atoms with Crippen molar-refractivity contribution < 1.29 is 9.47 Å². The summed E-state index contributed by atoms with van der Waals surface area (Å²) >= 11 is 0. The Labute approximate surface area is 101 Å². The van der Waals surface area contributed by atoms with Crippen LogP contribution in [0.1, 0.15) is 46.0 Å². The van der Waals surface area contributed by atoms with E-state index in [1.54, 1.807) is 7.11 Å². The summed E-state index contributed by atoms with van der Waals surface area (Å²) in [7, 11) is 3.57. The van der Waals surface area contributed by atoms with E-state index < -0.39 is 0 Å². The summed E-state index contributed by atoms with van der Waals surface area (Å²) in [5.74, 6) is 0. The van der Waals surface area contributed by atoms with Crippen molar-refractivity contribution in [2.75, 3.05) is 27.4 Å². The van der Waals surface area contributed by atoms with Gasteiger partial charge in [0, 0.05) is 26.9 Å². The fourth-order valence-electron chi connectivity index (χ4n) is 1.96. The first kappa shape index (κ1) is 15.9. The van der Waals surface area contributed by atoms with Gasteiger partial charge in [-0.3, -0.25) is 0 Å². The van der Waals surface area contributed by atoms with Crippen LogP contribution in [0.25, 0.3) is 0 Å². The monoisotopic (exact) mass is 231 g/mol. The van der Waals surface area contributed by atoms with Gasteiger partial charge in [0.15, 0.2) is 0 Å². The molecule has 98 valence electrons. The van der Waals surface area contributed by atoms with Gasteiger partial charge in [-0.05, 0) is 32.2 Å². The molecule has 0 aliphatic carbocycles. The lowest BCUT2D eigenvalue weighted by atomic mass is 10.0. The van der Waals surface area contributed by atoms with Crippen LogP contribution in [0.2, 0.25) is 0 Å². The van der Waals surface area contributed by atoms with Gasteiger partial charge in [0.1, 0.15) is 0 Å². The standard InChI is InChI=1S/C13H29NO2/c1-5-8-13(16-4)12(14-10-6-2)9-7-11-15-3/h12-14H,5-11H2,1-4H3. The van der Waals surface area contributed by atoms with Crippen LogP contribution >= 0.6 is 0 Å². The number of hydrogen-bond donors (Lipinski definition) is 1. The maximum absolute atomic E-state index is 5.58. The zero-order chi connectivity index (χ0) is 12.2. The summed E-state index contributed by atoms with van der Waals surface area (Å²) in [5.41, 5.74) is 0.